The second kappa shape index (κ2) is 7.42. The summed E-state index contributed by atoms with van der Waals surface area (Å²) in [6.07, 6.45) is 2.32. The highest BCUT2D eigenvalue weighted by molar-refractivity contribution is 5.38. The minimum absolute atomic E-state index is 0.417. The summed E-state index contributed by atoms with van der Waals surface area (Å²) >= 11 is 0. The number of aryl methyl sites for hydroxylation is 4. The highest BCUT2D eigenvalue weighted by Gasteiger charge is 2.09. The van der Waals surface area contributed by atoms with Gasteiger partial charge in [0.25, 0.3) is 0 Å². The molecule has 0 heterocycles. The molecule has 1 N–H and O–H groups in total. The summed E-state index contributed by atoms with van der Waals surface area (Å²) in [5.74, 6) is 0. The van der Waals surface area contributed by atoms with Gasteiger partial charge in [0.1, 0.15) is 0 Å². The van der Waals surface area contributed by atoms with Crippen LogP contribution in [0.15, 0.2) is 42.5 Å². The van der Waals surface area contributed by atoms with Crippen LogP contribution in [0.2, 0.25) is 0 Å². The van der Waals surface area contributed by atoms with Crippen LogP contribution in [0.5, 0.6) is 0 Å². The van der Waals surface area contributed by atoms with Crippen LogP contribution in [0.25, 0.3) is 0 Å². The smallest absolute Gasteiger partial charge is 0.0294 e. The van der Waals surface area contributed by atoms with Gasteiger partial charge in [0.2, 0.25) is 0 Å². The Kier molecular flexibility index (Phi) is 5.58. The number of nitrogens with one attached hydrogen (secondary N) is 1. The van der Waals surface area contributed by atoms with Gasteiger partial charge < -0.3 is 5.32 Å². The van der Waals surface area contributed by atoms with Crippen molar-refractivity contribution in [3.05, 3.63) is 70.3 Å². The van der Waals surface area contributed by atoms with Crippen molar-refractivity contribution in [1.29, 1.82) is 0 Å². The molecule has 0 saturated carbocycles. The molecule has 0 spiro atoms. The highest BCUT2D eigenvalue weighted by atomic mass is 14.9. The first-order valence-corrected chi connectivity index (χ1v) is 7.93. The van der Waals surface area contributed by atoms with E-state index in [4.69, 9.17) is 0 Å². The molecular formula is C20H27N. The fourth-order valence-corrected chi connectivity index (χ4v) is 2.82. The predicted molar refractivity (Wildman–Crippen MR) is 91.8 cm³/mol. The van der Waals surface area contributed by atoms with Gasteiger partial charge in [-0.1, -0.05) is 42.5 Å². The fraction of sp³-hybridized carbons (Fsp3) is 0.400. The molecular weight excluding hydrogens is 254 g/mol. The summed E-state index contributed by atoms with van der Waals surface area (Å²) in [6.45, 7) is 9.91. The van der Waals surface area contributed by atoms with Crippen molar-refractivity contribution >= 4 is 0 Å². The summed E-state index contributed by atoms with van der Waals surface area (Å²) in [7, 11) is 0. The molecule has 1 nitrogen and oxygen atoms in total. The standard InChI is InChI=1S/C20H27N/c1-15-13-17(3)20(14-16(15)2)18(4)21-12-8-11-19-9-6-5-7-10-19/h5-7,9-10,13-14,18,21H,8,11-12H2,1-4H3. The molecule has 2 aromatic rings. The molecule has 21 heavy (non-hydrogen) atoms. The van der Waals surface area contributed by atoms with Crippen molar-refractivity contribution in [2.45, 2.75) is 46.6 Å². The minimum atomic E-state index is 0.417. The van der Waals surface area contributed by atoms with Crippen molar-refractivity contribution in [1.82, 2.24) is 5.32 Å². The number of rotatable bonds is 6. The van der Waals surface area contributed by atoms with E-state index in [2.05, 4.69) is 75.5 Å². The maximum absolute atomic E-state index is 3.66. The average Bonchev–Trinajstić information content (AvgIpc) is 2.48. The van der Waals surface area contributed by atoms with E-state index < -0.39 is 0 Å². The summed E-state index contributed by atoms with van der Waals surface area (Å²) in [5.41, 5.74) is 7.01. The second-order valence-electron chi connectivity index (χ2n) is 6.06. The lowest BCUT2D eigenvalue weighted by Gasteiger charge is -2.18. The molecule has 0 saturated heterocycles. The monoisotopic (exact) mass is 281 g/mol. The molecule has 1 unspecified atom stereocenters. The van der Waals surface area contributed by atoms with E-state index in [1.54, 1.807) is 0 Å². The Bertz CT molecular complexity index is 572. The topological polar surface area (TPSA) is 12.0 Å². The maximum atomic E-state index is 3.66. The van der Waals surface area contributed by atoms with E-state index in [1.165, 1.54) is 34.2 Å². The summed E-state index contributed by atoms with van der Waals surface area (Å²) in [4.78, 5) is 0. The zero-order valence-electron chi connectivity index (χ0n) is 13.7. The molecule has 0 aliphatic heterocycles. The molecule has 0 radical (unpaired) electrons. The van der Waals surface area contributed by atoms with E-state index in [0.717, 1.165) is 13.0 Å². The van der Waals surface area contributed by atoms with Gasteiger partial charge in [-0.15, -0.1) is 0 Å². The zero-order chi connectivity index (χ0) is 15.2. The normalized spacial score (nSPS) is 12.4. The molecule has 112 valence electrons. The van der Waals surface area contributed by atoms with Crippen LogP contribution in [0.1, 0.15) is 47.2 Å². The van der Waals surface area contributed by atoms with Gasteiger partial charge in [0.15, 0.2) is 0 Å². The van der Waals surface area contributed by atoms with Gasteiger partial charge in [-0.2, -0.15) is 0 Å². The van der Waals surface area contributed by atoms with Gasteiger partial charge in [0.05, 0.1) is 0 Å². The molecule has 2 rings (SSSR count). The zero-order valence-corrected chi connectivity index (χ0v) is 13.7. The first-order chi connectivity index (χ1) is 10.1. The summed E-state index contributed by atoms with van der Waals surface area (Å²) in [6, 6.07) is 15.8. The van der Waals surface area contributed by atoms with Gasteiger partial charge in [0, 0.05) is 6.04 Å². The Morgan fingerprint density at radius 3 is 2.29 bits per heavy atom. The van der Waals surface area contributed by atoms with Crippen LogP contribution < -0.4 is 5.32 Å². The SMILES string of the molecule is Cc1cc(C)c(C(C)NCCCc2ccccc2)cc1C. The van der Waals surface area contributed by atoms with Crippen molar-refractivity contribution in [3.63, 3.8) is 0 Å². The maximum Gasteiger partial charge on any atom is 0.0294 e. The third kappa shape index (κ3) is 4.44. The highest BCUT2D eigenvalue weighted by Crippen LogP contribution is 2.21. The van der Waals surface area contributed by atoms with Crippen LogP contribution in [-0.4, -0.2) is 6.54 Å². The Morgan fingerprint density at radius 2 is 1.57 bits per heavy atom. The van der Waals surface area contributed by atoms with Crippen molar-refractivity contribution in [3.8, 4) is 0 Å². The lowest BCUT2D eigenvalue weighted by Crippen LogP contribution is -2.21. The second-order valence-corrected chi connectivity index (χ2v) is 6.06. The molecule has 0 fully saturated rings. The first kappa shape index (κ1) is 15.8. The summed E-state index contributed by atoms with van der Waals surface area (Å²) < 4.78 is 0. The van der Waals surface area contributed by atoms with E-state index in [0.29, 0.717) is 6.04 Å². The lowest BCUT2D eigenvalue weighted by atomic mass is 9.96. The Labute approximate surface area is 129 Å². The molecule has 0 bridgehead atoms. The van der Waals surface area contributed by atoms with Gasteiger partial charge in [-0.3, -0.25) is 0 Å². The van der Waals surface area contributed by atoms with E-state index in [1.807, 2.05) is 0 Å². The Morgan fingerprint density at radius 1 is 0.905 bits per heavy atom. The molecule has 1 heteroatoms. The van der Waals surface area contributed by atoms with Crippen molar-refractivity contribution in [2.24, 2.45) is 0 Å². The Balaban J connectivity index is 1.85. The predicted octanol–water partition coefficient (Wildman–Crippen LogP) is 4.90. The quantitative estimate of drug-likeness (QED) is 0.743. The molecule has 2 aromatic carbocycles. The molecule has 0 aliphatic carbocycles. The van der Waals surface area contributed by atoms with E-state index >= 15 is 0 Å². The van der Waals surface area contributed by atoms with Crippen LogP contribution in [0.3, 0.4) is 0 Å². The molecule has 0 aromatic heterocycles. The lowest BCUT2D eigenvalue weighted by molar-refractivity contribution is 0.556. The molecule has 0 aliphatic rings. The summed E-state index contributed by atoms with van der Waals surface area (Å²) in [5, 5.41) is 3.66. The van der Waals surface area contributed by atoms with Crippen LogP contribution in [-0.2, 0) is 6.42 Å². The molecule has 0 amide bonds. The first-order valence-electron chi connectivity index (χ1n) is 7.93. The Hall–Kier alpha value is -1.60. The van der Waals surface area contributed by atoms with Crippen LogP contribution in [0, 0.1) is 20.8 Å². The van der Waals surface area contributed by atoms with E-state index in [9.17, 15) is 0 Å². The number of hydrogen-bond acceptors (Lipinski definition) is 1. The van der Waals surface area contributed by atoms with Gasteiger partial charge >= 0.3 is 0 Å². The number of hydrogen-bond donors (Lipinski definition) is 1. The van der Waals surface area contributed by atoms with Crippen LogP contribution >= 0.6 is 0 Å². The number of benzene rings is 2. The third-order valence-electron chi connectivity index (χ3n) is 4.28. The molecule has 1 atom stereocenters. The fourth-order valence-electron chi connectivity index (χ4n) is 2.82. The third-order valence-corrected chi connectivity index (χ3v) is 4.28. The van der Waals surface area contributed by atoms with Crippen molar-refractivity contribution in [2.75, 3.05) is 6.54 Å². The largest absolute Gasteiger partial charge is 0.310 e. The van der Waals surface area contributed by atoms with Crippen LogP contribution in [0.4, 0.5) is 0 Å². The van der Waals surface area contributed by atoms with E-state index in [-0.39, 0.29) is 0 Å². The van der Waals surface area contributed by atoms with Crippen molar-refractivity contribution < 1.29 is 0 Å². The minimum Gasteiger partial charge on any atom is -0.310 e. The van der Waals surface area contributed by atoms with Gasteiger partial charge in [-0.05, 0) is 74.9 Å². The van der Waals surface area contributed by atoms with Gasteiger partial charge in [-0.25, -0.2) is 0 Å². The average molecular weight is 281 g/mol.